The lowest BCUT2D eigenvalue weighted by molar-refractivity contribution is 0.298. The van der Waals surface area contributed by atoms with Crippen LogP contribution in [-0.2, 0) is 0 Å². The van der Waals surface area contributed by atoms with Gasteiger partial charge in [0.2, 0.25) is 0 Å². The molecule has 2 nitrogen and oxygen atoms in total. The predicted octanol–water partition coefficient (Wildman–Crippen LogP) is 3.85. The van der Waals surface area contributed by atoms with Crippen LogP contribution in [0.25, 0.3) is 0 Å². The molecule has 0 aromatic heterocycles. The average molecular weight is 276 g/mol. The van der Waals surface area contributed by atoms with Crippen LogP contribution in [-0.4, -0.2) is 13.2 Å². The summed E-state index contributed by atoms with van der Waals surface area (Å²) in [4.78, 5) is 0. The third kappa shape index (κ3) is 3.98. The standard InChI is InChI=1S/C16H18ClNO/c17-15-8-4-5-9-16(15)19-11-10-14(12-18)13-6-2-1-3-7-13/h1-9,14H,10-12,18H2. The van der Waals surface area contributed by atoms with Crippen LogP contribution in [0.5, 0.6) is 5.75 Å². The maximum Gasteiger partial charge on any atom is 0.137 e. The van der Waals surface area contributed by atoms with E-state index in [4.69, 9.17) is 22.1 Å². The zero-order chi connectivity index (χ0) is 13.5. The Morgan fingerprint density at radius 1 is 1.00 bits per heavy atom. The van der Waals surface area contributed by atoms with Crippen molar-refractivity contribution in [2.75, 3.05) is 13.2 Å². The third-order valence-electron chi connectivity index (χ3n) is 3.12. The number of nitrogens with two attached hydrogens (primary N) is 1. The van der Waals surface area contributed by atoms with Crippen LogP contribution in [0.1, 0.15) is 17.9 Å². The second-order valence-corrected chi connectivity index (χ2v) is 4.82. The van der Waals surface area contributed by atoms with E-state index in [-0.39, 0.29) is 0 Å². The van der Waals surface area contributed by atoms with E-state index in [1.54, 1.807) is 0 Å². The maximum atomic E-state index is 6.04. The molecule has 0 heterocycles. The van der Waals surface area contributed by atoms with Crippen molar-refractivity contribution in [2.24, 2.45) is 5.73 Å². The molecular formula is C16H18ClNO. The van der Waals surface area contributed by atoms with Crippen molar-refractivity contribution in [3.05, 3.63) is 65.2 Å². The molecule has 2 aromatic rings. The number of hydrogen-bond donors (Lipinski definition) is 1. The van der Waals surface area contributed by atoms with Gasteiger partial charge in [-0.05, 0) is 36.6 Å². The molecule has 0 spiro atoms. The second-order valence-electron chi connectivity index (χ2n) is 4.41. The Kier molecular flexibility index (Phi) is 5.25. The molecule has 0 amide bonds. The quantitative estimate of drug-likeness (QED) is 0.869. The predicted molar refractivity (Wildman–Crippen MR) is 79.8 cm³/mol. The van der Waals surface area contributed by atoms with Gasteiger partial charge in [0.15, 0.2) is 0 Å². The van der Waals surface area contributed by atoms with Crippen LogP contribution in [0.15, 0.2) is 54.6 Å². The van der Waals surface area contributed by atoms with Gasteiger partial charge in [0.05, 0.1) is 11.6 Å². The van der Waals surface area contributed by atoms with E-state index in [0.717, 1.165) is 12.2 Å². The molecule has 1 unspecified atom stereocenters. The molecule has 2 rings (SSSR count). The van der Waals surface area contributed by atoms with Crippen molar-refractivity contribution < 1.29 is 4.74 Å². The number of ether oxygens (including phenoxy) is 1. The van der Waals surface area contributed by atoms with E-state index < -0.39 is 0 Å². The molecular weight excluding hydrogens is 258 g/mol. The summed E-state index contributed by atoms with van der Waals surface area (Å²) in [6.45, 7) is 1.23. The summed E-state index contributed by atoms with van der Waals surface area (Å²) in [5.41, 5.74) is 7.09. The third-order valence-corrected chi connectivity index (χ3v) is 3.43. The Labute approximate surface area is 119 Å². The molecule has 0 radical (unpaired) electrons. The van der Waals surface area contributed by atoms with E-state index in [9.17, 15) is 0 Å². The first kappa shape index (κ1) is 13.9. The van der Waals surface area contributed by atoms with Crippen molar-refractivity contribution in [1.29, 1.82) is 0 Å². The maximum absolute atomic E-state index is 6.04. The highest BCUT2D eigenvalue weighted by Gasteiger charge is 2.09. The Bertz CT molecular complexity index is 501. The molecule has 0 fully saturated rings. The number of benzene rings is 2. The zero-order valence-corrected chi connectivity index (χ0v) is 11.5. The van der Waals surface area contributed by atoms with Crippen molar-refractivity contribution in [1.82, 2.24) is 0 Å². The van der Waals surface area contributed by atoms with Crippen LogP contribution in [0.3, 0.4) is 0 Å². The summed E-state index contributed by atoms with van der Waals surface area (Å²) < 4.78 is 5.70. The minimum atomic E-state index is 0.323. The number of halogens is 1. The van der Waals surface area contributed by atoms with E-state index in [0.29, 0.717) is 24.1 Å². The zero-order valence-electron chi connectivity index (χ0n) is 10.8. The highest BCUT2D eigenvalue weighted by molar-refractivity contribution is 6.32. The Morgan fingerprint density at radius 2 is 1.68 bits per heavy atom. The average Bonchev–Trinajstić information content (AvgIpc) is 2.46. The molecule has 0 bridgehead atoms. The Balaban J connectivity index is 1.89. The molecule has 2 N–H and O–H groups in total. The van der Waals surface area contributed by atoms with Gasteiger partial charge in [-0.2, -0.15) is 0 Å². The first-order valence-electron chi connectivity index (χ1n) is 6.43. The lowest BCUT2D eigenvalue weighted by Crippen LogP contribution is -2.15. The van der Waals surface area contributed by atoms with Gasteiger partial charge in [-0.25, -0.2) is 0 Å². The first-order valence-corrected chi connectivity index (χ1v) is 6.81. The minimum Gasteiger partial charge on any atom is -0.492 e. The van der Waals surface area contributed by atoms with E-state index in [1.807, 2.05) is 42.5 Å². The molecule has 0 aliphatic heterocycles. The van der Waals surface area contributed by atoms with Gasteiger partial charge < -0.3 is 10.5 Å². The van der Waals surface area contributed by atoms with Crippen molar-refractivity contribution in [3.63, 3.8) is 0 Å². The van der Waals surface area contributed by atoms with Crippen LogP contribution in [0, 0.1) is 0 Å². The van der Waals surface area contributed by atoms with Crippen molar-refractivity contribution in [3.8, 4) is 5.75 Å². The van der Waals surface area contributed by atoms with Gasteiger partial charge in [-0.1, -0.05) is 54.1 Å². The normalized spacial score (nSPS) is 12.1. The highest BCUT2D eigenvalue weighted by atomic mass is 35.5. The molecule has 2 aromatic carbocycles. The monoisotopic (exact) mass is 275 g/mol. The summed E-state index contributed by atoms with van der Waals surface area (Å²) in [6, 6.07) is 17.8. The van der Waals surface area contributed by atoms with Crippen molar-refractivity contribution >= 4 is 11.6 Å². The van der Waals surface area contributed by atoms with E-state index in [2.05, 4.69) is 12.1 Å². The van der Waals surface area contributed by atoms with E-state index >= 15 is 0 Å². The van der Waals surface area contributed by atoms with Gasteiger partial charge in [0.25, 0.3) is 0 Å². The lowest BCUT2D eigenvalue weighted by Gasteiger charge is -2.16. The van der Waals surface area contributed by atoms with Crippen LogP contribution >= 0.6 is 11.6 Å². The smallest absolute Gasteiger partial charge is 0.137 e. The SMILES string of the molecule is NCC(CCOc1ccccc1Cl)c1ccccc1. The topological polar surface area (TPSA) is 35.2 Å². The lowest BCUT2D eigenvalue weighted by atomic mass is 9.96. The van der Waals surface area contributed by atoms with Gasteiger partial charge in [0.1, 0.15) is 5.75 Å². The van der Waals surface area contributed by atoms with Gasteiger partial charge >= 0.3 is 0 Å². The fourth-order valence-electron chi connectivity index (χ4n) is 2.02. The van der Waals surface area contributed by atoms with Crippen LogP contribution < -0.4 is 10.5 Å². The number of para-hydroxylation sites is 1. The molecule has 0 aliphatic carbocycles. The number of hydrogen-bond acceptors (Lipinski definition) is 2. The number of rotatable bonds is 6. The molecule has 0 saturated heterocycles. The summed E-state index contributed by atoms with van der Waals surface area (Å²) in [5, 5.41) is 0.645. The van der Waals surface area contributed by atoms with E-state index in [1.165, 1.54) is 5.56 Å². The second kappa shape index (κ2) is 7.17. The minimum absolute atomic E-state index is 0.323. The van der Waals surface area contributed by atoms with Gasteiger partial charge in [-0.15, -0.1) is 0 Å². The molecule has 0 saturated carbocycles. The van der Waals surface area contributed by atoms with Crippen LogP contribution in [0.4, 0.5) is 0 Å². The fraction of sp³-hybridized carbons (Fsp3) is 0.250. The highest BCUT2D eigenvalue weighted by Crippen LogP contribution is 2.24. The summed E-state index contributed by atoms with van der Waals surface area (Å²) in [5.74, 6) is 1.05. The summed E-state index contributed by atoms with van der Waals surface area (Å²) >= 11 is 6.04. The molecule has 1 atom stereocenters. The van der Waals surface area contributed by atoms with Gasteiger partial charge in [-0.3, -0.25) is 0 Å². The van der Waals surface area contributed by atoms with Gasteiger partial charge in [0, 0.05) is 0 Å². The Morgan fingerprint density at radius 3 is 2.37 bits per heavy atom. The summed E-state index contributed by atoms with van der Waals surface area (Å²) in [6.07, 6.45) is 0.881. The molecule has 3 heteroatoms. The largest absolute Gasteiger partial charge is 0.492 e. The Hall–Kier alpha value is -1.51. The van der Waals surface area contributed by atoms with Crippen molar-refractivity contribution in [2.45, 2.75) is 12.3 Å². The molecule has 19 heavy (non-hydrogen) atoms. The fourth-order valence-corrected chi connectivity index (χ4v) is 2.21. The first-order chi connectivity index (χ1) is 9.31. The molecule has 0 aliphatic rings. The summed E-state index contributed by atoms with van der Waals surface area (Å²) in [7, 11) is 0. The molecule has 100 valence electrons. The van der Waals surface area contributed by atoms with Crippen LogP contribution in [0.2, 0.25) is 5.02 Å².